The predicted octanol–water partition coefficient (Wildman–Crippen LogP) is 14.0. The van der Waals surface area contributed by atoms with Crippen LogP contribution in [0.2, 0.25) is 32.2 Å². The van der Waals surface area contributed by atoms with E-state index in [9.17, 15) is 0 Å². The number of hydrogen-bond donors (Lipinski definition) is 0. The molecule has 0 aromatic heterocycles. The maximum absolute atomic E-state index is 8.27. The Kier molecular flexibility index (Phi) is 19.8. The van der Waals surface area contributed by atoms with Crippen molar-refractivity contribution in [3.05, 3.63) is 0 Å². The first kappa shape index (κ1) is 40.0. The van der Waals surface area contributed by atoms with Crippen molar-refractivity contribution in [2.75, 3.05) is 11.8 Å². The molecule has 0 aromatic rings. The zero-order valence-corrected chi connectivity index (χ0v) is 32.3. The van der Waals surface area contributed by atoms with Crippen LogP contribution in [0, 0.1) is 0 Å². The van der Waals surface area contributed by atoms with Crippen LogP contribution < -0.4 is 0 Å². The molecule has 0 atom stereocenters. The first-order valence-corrected chi connectivity index (χ1v) is 22.1. The molecule has 0 fully saturated rings. The van der Waals surface area contributed by atoms with E-state index in [1.165, 1.54) is 89.9 Å². The van der Waals surface area contributed by atoms with Gasteiger partial charge in [0.05, 0.1) is 0 Å². The van der Waals surface area contributed by atoms with Crippen LogP contribution in [0.3, 0.4) is 0 Å². The number of halogens is 2. The predicted molar refractivity (Wildman–Crippen MR) is 187 cm³/mol. The molecule has 1 nitrogen and oxygen atoms in total. The third-order valence-corrected chi connectivity index (χ3v) is 25.1. The van der Waals surface area contributed by atoms with E-state index in [4.69, 9.17) is 27.3 Å². The SMILES string of the molecule is CC(C)[Si](O[Si](C(C)C)(C(C)C)C(C)(C)CCCCCCCCCl)(C(C)C)C(C)(C)CCCCCCCCCl. The Labute approximate surface area is 260 Å². The Morgan fingerprint density at radius 3 is 0.897 bits per heavy atom. The van der Waals surface area contributed by atoms with Gasteiger partial charge in [-0.1, -0.05) is 147 Å². The van der Waals surface area contributed by atoms with Crippen LogP contribution >= 0.6 is 23.2 Å². The number of unbranched alkanes of at least 4 members (excludes halogenated alkanes) is 10. The Bertz CT molecular complexity index is 548. The summed E-state index contributed by atoms with van der Waals surface area (Å²) in [6.07, 6.45) is 18.2. The molecular formula is C34H72Cl2OSi2. The van der Waals surface area contributed by atoms with Crippen molar-refractivity contribution in [3.8, 4) is 0 Å². The summed E-state index contributed by atoms with van der Waals surface area (Å²) in [6.45, 7) is 30.5. The van der Waals surface area contributed by atoms with E-state index < -0.39 is 16.6 Å². The highest BCUT2D eigenvalue weighted by Crippen LogP contribution is 2.62. The van der Waals surface area contributed by atoms with Gasteiger partial charge in [0.25, 0.3) is 0 Å². The molecule has 0 saturated carbocycles. The van der Waals surface area contributed by atoms with Crippen LogP contribution in [0.1, 0.15) is 173 Å². The van der Waals surface area contributed by atoms with E-state index in [2.05, 4.69) is 83.1 Å². The van der Waals surface area contributed by atoms with E-state index in [1.54, 1.807) is 0 Å². The van der Waals surface area contributed by atoms with Crippen LogP contribution in [0.5, 0.6) is 0 Å². The number of hydrogen-bond acceptors (Lipinski definition) is 1. The van der Waals surface area contributed by atoms with E-state index >= 15 is 0 Å². The van der Waals surface area contributed by atoms with Gasteiger partial charge in [0, 0.05) is 11.8 Å². The van der Waals surface area contributed by atoms with E-state index in [0.29, 0.717) is 22.2 Å². The van der Waals surface area contributed by atoms with Gasteiger partial charge in [-0.25, -0.2) is 0 Å². The lowest BCUT2D eigenvalue weighted by molar-refractivity contribution is 0.342. The van der Waals surface area contributed by atoms with E-state index in [0.717, 1.165) is 11.8 Å². The van der Waals surface area contributed by atoms with Gasteiger partial charge in [-0.15, -0.1) is 23.2 Å². The molecule has 0 radical (unpaired) electrons. The normalized spacial score (nSPS) is 14.0. The molecule has 0 N–H and O–H groups in total. The fourth-order valence-corrected chi connectivity index (χ4v) is 27.3. The van der Waals surface area contributed by atoms with Crippen LogP contribution in [0.15, 0.2) is 0 Å². The first-order valence-electron chi connectivity index (χ1n) is 16.9. The van der Waals surface area contributed by atoms with Gasteiger partial charge in [0.1, 0.15) is 0 Å². The van der Waals surface area contributed by atoms with Crippen molar-refractivity contribution in [3.63, 3.8) is 0 Å². The second-order valence-corrected chi connectivity index (χ2v) is 27.3. The fourth-order valence-electron chi connectivity index (χ4n) is 8.61. The summed E-state index contributed by atoms with van der Waals surface area (Å²) in [5.41, 5.74) is 2.44. The minimum Gasteiger partial charge on any atom is -0.453 e. The Hall–Kier alpha value is 0.974. The van der Waals surface area contributed by atoms with Gasteiger partial charge in [-0.3, -0.25) is 0 Å². The van der Waals surface area contributed by atoms with E-state index in [-0.39, 0.29) is 10.1 Å². The summed E-state index contributed by atoms with van der Waals surface area (Å²) >= 11 is 11.8. The smallest absolute Gasteiger partial charge is 0.190 e. The molecule has 0 spiro atoms. The molecule has 0 aromatic carbocycles. The van der Waals surface area contributed by atoms with Crippen molar-refractivity contribution in [2.45, 2.75) is 205 Å². The first-order chi connectivity index (χ1) is 18.1. The standard InChI is InChI=1S/C34H72Cl2OSi2/c1-29(2)38(30(3)4,33(9,10)25-21-17-13-15-19-23-27-35)37-39(31(5)6,32(7)8)34(11,12)26-22-18-14-16-20-24-28-36/h29-32H,13-28H2,1-12H3. The third-order valence-electron chi connectivity index (χ3n) is 10.3. The summed E-state index contributed by atoms with van der Waals surface area (Å²) in [6, 6.07) is 0. The highest BCUT2D eigenvalue weighted by Gasteiger charge is 2.62. The molecule has 5 heteroatoms. The van der Waals surface area contributed by atoms with Gasteiger partial charge < -0.3 is 4.12 Å². The minimum atomic E-state index is -2.17. The number of alkyl halides is 2. The highest BCUT2D eigenvalue weighted by atomic mass is 35.5. The van der Waals surface area contributed by atoms with E-state index in [1.807, 2.05) is 0 Å². The topological polar surface area (TPSA) is 9.23 Å². The maximum Gasteiger partial charge on any atom is 0.190 e. The average molecular weight is 624 g/mol. The molecule has 0 rings (SSSR count). The minimum absolute atomic E-state index is 0.256. The summed E-state index contributed by atoms with van der Waals surface area (Å²) in [4.78, 5) is 0. The average Bonchev–Trinajstić information content (AvgIpc) is 2.82. The van der Waals surface area contributed by atoms with Crippen LogP contribution in [-0.2, 0) is 4.12 Å². The Morgan fingerprint density at radius 1 is 0.436 bits per heavy atom. The van der Waals surface area contributed by atoms with Crippen molar-refractivity contribution in [1.29, 1.82) is 0 Å². The third kappa shape index (κ3) is 11.2. The van der Waals surface area contributed by atoms with Crippen molar-refractivity contribution in [1.82, 2.24) is 0 Å². The zero-order valence-electron chi connectivity index (χ0n) is 28.8. The second-order valence-electron chi connectivity index (χ2n) is 15.2. The lowest BCUT2D eigenvalue weighted by atomic mass is 10.0. The molecule has 0 bridgehead atoms. The zero-order chi connectivity index (χ0) is 30.3. The second kappa shape index (κ2) is 19.3. The quantitative estimate of drug-likeness (QED) is 0.0590. The maximum atomic E-state index is 8.27. The van der Waals surface area contributed by atoms with Crippen molar-refractivity contribution >= 4 is 39.8 Å². The van der Waals surface area contributed by atoms with Gasteiger partial charge >= 0.3 is 0 Å². The fraction of sp³-hybridized carbons (Fsp3) is 1.00. The largest absolute Gasteiger partial charge is 0.453 e. The summed E-state index contributed by atoms with van der Waals surface area (Å²) in [5.74, 6) is 1.62. The highest BCUT2D eigenvalue weighted by molar-refractivity contribution is 6.92. The summed E-state index contributed by atoms with van der Waals surface area (Å²) < 4.78 is 8.27. The van der Waals surface area contributed by atoms with Crippen LogP contribution in [-0.4, -0.2) is 28.4 Å². The molecule has 0 aliphatic carbocycles. The molecule has 0 heterocycles. The number of rotatable bonds is 24. The Balaban J connectivity index is 6.04. The monoisotopic (exact) mass is 622 g/mol. The lowest BCUT2D eigenvalue weighted by Gasteiger charge is -2.61. The van der Waals surface area contributed by atoms with Crippen LogP contribution in [0.25, 0.3) is 0 Å². The molecule has 0 aliphatic heterocycles. The molecular weight excluding hydrogens is 551 g/mol. The molecule has 0 unspecified atom stereocenters. The molecule has 0 saturated heterocycles. The lowest BCUT2D eigenvalue weighted by Crippen LogP contribution is -2.65. The van der Waals surface area contributed by atoms with Crippen molar-refractivity contribution in [2.24, 2.45) is 0 Å². The summed E-state index contributed by atoms with van der Waals surface area (Å²) in [5, 5.41) is 0.512. The summed E-state index contributed by atoms with van der Waals surface area (Å²) in [7, 11) is -4.33. The van der Waals surface area contributed by atoms with Crippen molar-refractivity contribution < 1.29 is 4.12 Å². The molecule has 0 amide bonds. The molecule has 0 aliphatic rings. The molecule has 39 heavy (non-hydrogen) atoms. The van der Waals surface area contributed by atoms with Crippen LogP contribution in [0.4, 0.5) is 0 Å². The van der Waals surface area contributed by atoms with Gasteiger partial charge in [0.15, 0.2) is 16.6 Å². The van der Waals surface area contributed by atoms with Gasteiger partial charge in [0.2, 0.25) is 0 Å². The molecule has 236 valence electrons. The Morgan fingerprint density at radius 2 is 0.667 bits per heavy atom. The van der Waals surface area contributed by atoms with Gasteiger partial charge in [-0.2, -0.15) is 0 Å². The van der Waals surface area contributed by atoms with Gasteiger partial charge in [-0.05, 0) is 57.9 Å².